The molecule has 5 nitrogen and oxygen atoms in total. The van der Waals surface area contributed by atoms with Gasteiger partial charge in [0.1, 0.15) is 11.5 Å². The van der Waals surface area contributed by atoms with Gasteiger partial charge in [-0.25, -0.2) is 9.86 Å². The third kappa shape index (κ3) is 4.72. The molecule has 2 unspecified atom stereocenters. The van der Waals surface area contributed by atoms with Gasteiger partial charge in [0.2, 0.25) is 0 Å². The number of hydrogen-bond donors (Lipinski definition) is 2. The molecule has 1 fully saturated rings. The fourth-order valence-electron chi connectivity index (χ4n) is 2.60. The number of rotatable bonds is 5. The number of urea groups is 1. The topological polar surface area (TPSA) is 75.8 Å². The van der Waals surface area contributed by atoms with Gasteiger partial charge in [-0.05, 0) is 48.1 Å². The summed E-state index contributed by atoms with van der Waals surface area (Å²) in [4.78, 5) is 10.8. The summed E-state index contributed by atoms with van der Waals surface area (Å²) in [6.07, 6.45) is 0.930. The molecule has 116 valence electrons. The summed E-state index contributed by atoms with van der Waals surface area (Å²) in [5.41, 5.74) is 6.17. The molecule has 1 aliphatic carbocycles. The van der Waals surface area contributed by atoms with Gasteiger partial charge in [-0.3, -0.25) is 5.21 Å². The van der Waals surface area contributed by atoms with Crippen LogP contribution in [0, 0.1) is 5.92 Å². The van der Waals surface area contributed by atoms with E-state index in [0.29, 0.717) is 11.0 Å². The fourth-order valence-corrected chi connectivity index (χ4v) is 2.60. The van der Waals surface area contributed by atoms with E-state index in [1.807, 2.05) is 54.6 Å². The SMILES string of the molecule is NC(=O)N(O)CC1CC1c1cccc(Oc2ccccc2)c1.[NaH]. The Labute approximate surface area is 157 Å². The second-order valence-electron chi connectivity index (χ2n) is 5.51. The third-order valence-electron chi connectivity index (χ3n) is 3.85. The Hall–Kier alpha value is -1.53. The van der Waals surface area contributed by atoms with Crippen LogP contribution in [-0.4, -0.2) is 52.4 Å². The van der Waals surface area contributed by atoms with Crippen LogP contribution in [0.25, 0.3) is 0 Å². The number of para-hydroxylation sites is 1. The van der Waals surface area contributed by atoms with Crippen molar-refractivity contribution >= 4 is 35.6 Å². The van der Waals surface area contributed by atoms with Crippen LogP contribution in [-0.2, 0) is 0 Å². The summed E-state index contributed by atoms with van der Waals surface area (Å²) >= 11 is 0. The van der Waals surface area contributed by atoms with Gasteiger partial charge in [0.15, 0.2) is 0 Å². The van der Waals surface area contributed by atoms with Crippen molar-refractivity contribution in [2.75, 3.05) is 6.54 Å². The predicted molar refractivity (Wildman–Crippen MR) is 89.0 cm³/mol. The number of carbonyl (C=O) groups excluding carboxylic acids is 1. The van der Waals surface area contributed by atoms with Crippen LogP contribution < -0.4 is 10.5 Å². The number of hydroxylamine groups is 2. The summed E-state index contributed by atoms with van der Waals surface area (Å²) in [5, 5.41) is 9.96. The molecular formula is C17H19N2NaO3. The maximum atomic E-state index is 10.8. The van der Waals surface area contributed by atoms with E-state index in [1.54, 1.807) is 0 Å². The molecule has 0 heterocycles. The Kier molecular flexibility index (Phi) is 6.07. The van der Waals surface area contributed by atoms with Crippen molar-refractivity contribution in [3.63, 3.8) is 0 Å². The van der Waals surface area contributed by atoms with E-state index in [1.165, 1.54) is 0 Å². The molecule has 0 aliphatic heterocycles. The Morgan fingerprint density at radius 2 is 1.87 bits per heavy atom. The van der Waals surface area contributed by atoms with E-state index in [4.69, 9.17) is 10.5 Å². The zero-order chi connectivity index (χ0) is 15.5. The van der Waals surface area contributed by atoms with E-state index in [9.17, 15) is 10.0 Å². The first-order valence-corrected chi connectivity index (χ1v) is 7.22. The zero-order valence-electron chi connectivity index (χ0n) is 12.1. The molecule has 1 saturated carbocycles. The first-order chi connectivity index (χ1) is 10.6. The molecule has 2 amide bonds. The monoisotopic (exact) mass is 322 g/mol. The quantitative estimate of drug-likeness (QED) is 0.505. The van der Waals surface area contributed by atoms with E-state index in [0.717, 1.165) is 23.5 Å². The van der Waals surface area contributed by atoms with Gasteiger partial charge >= 0.3 is 35.6 Å². The number of nitrogens with zero attached hydrogens (tertiary/aromatic N) is 1. The normalized spacial score (nSPS) is 18.7. The van der Waals surface area contributed by atoms with Crippen LogP contribution in [0.5, 0.6) is 11.5 Å². The molecule has 0 bridgehead atoms. The van der Waals surface area contributed by atoms with E-state index in [2.05, 4.69) is 0 Å². The minimum absolute atomic E-state index is 0. The van der Waals surface area contributed by atoms with Crippen LogP contribution in [0.15, 0.2) is 54.6 Å². The summed E-state index contributed by atoms with van der Waals surface area (Å²) in [7, 11) is 0. The molecule has 0 saturated heterocycles. The molecule has 2 aromatic carbocycles. The number of carbonyl (C=O) groups is 1. The van der Waals surface area contributed by atoms with Gasteiger partial charge in [0.25, 0.3) is 0 Å². The Bertz CT molecular complexity index is 666. The molecule has 3 N–H and O–H groups in total. The van der Waals surface area contributed by atoms with Crippen LogP contribution in [0.1, 0.15) is 17.9 Å². The van der Waals surface area contributed by atoms with Crippen molar-refractivity contribution in [2.24, 2.45) is 11.7 Å². The van der Waals surface area contributed by atoms with E-state index in [-0.39, 0.29) is 42.0 Å². The Balaban J connectivity index is 0.00000192. The van der Waals surface area contributed by atoms with Gasteiger partial charge < -0.3 is 10.5 Å². The minimum atomic E-state index is -0.813. The Morgan fingerprint density at radius 1 is 1.17 bits per heavy atom. The van der Waals surface area contributed by atoms with Crippen LogP contribution in [0.3, 0.4) is 0 Å². The second-order valence-corrected chi connectivity index (χ2v) is 5.51. The van der Waals surface area contributed by atoms with Crippen molar-refractivity contribution in [2.45, 2.75) is 12.3 Å². The second kappa shape index (κ2) is 7.84. The molecule has 3 rings (SSSR count). The van der Waals surface area contributed by atoms with Crippen molar-refractivity contribution in [3.05, 3.63) is 60.2 Å². The molecule has 0 radical (unpaired) electrons. The van der Waals surface area contributed by atoms with Crippen molar-refractivity contribution in [1.29, 1.82) is 0 Å². The summed E-state index contributed by atoms with van der Waals surface area (Å²) in [6, 6.07) is 16.7. The molecule has 0 spiro atoms. The summed E-state index contributed by atoms with van der Waals surface area (Å²) < 4.78 is 5.82. The number of hydrogen-bond acceptors (Lipinski definition) is 3. The first kappa shape index (κ1) is 17.8. The van der Waals surface area contributed by atoms with Gasteiger partial charge in [-0.1, -0.05) is 30.3 Å². The van der Waals surface area contributed by atoms with Crippen molar-refractivity contribution in [1.82, 2.24) is 5.06 Å². The average molecular weight is 322 g/mol. The number of ether oxygens (including phenoxy) is 1. The van der Waals surface area contributed by atoms with Crippen molar-refractivity contribution < 1.29 is 14.7 Å². The maximum absolute atomic E-state index is 10.8. The first-order valence-electron chi connectivity index (χ1n) is 7.22. The van der Waals surface area contributed by atoms with Crippen molar-refractivity contribution in [3.8, 4) is 11.5 Å². The van der Waals surface area contributed by atoms with E-state index < -0.39 is 6.03 Å². The average Bonchev–Trinajstić information content (AvgIpc) is 3.28. The molecule has 2 atom stereocenters. The van der Waals surface area contributed by atoms with Gasteiger partial charge in [-0.2, -0.15) is 0 Å². The molecule has 1 aliphatic rings. The molecule has 2 aromatic rings. The van der Waals surface area contributed by atoms with Gasteiger partial charge in [0, 0.05) is 0 Å². The van der Waals surface area contributed by atoms with E-state index >= 15 is 0 Å². The molecule has 23 heavy (non-hydrogen) atoms. The third-order valence-corrected chi connectivity index (χ3v) is 3.85. The van der Waals surface area contributed by atoms with Gasteiger partial charge in [-0.15, -0.1) is 0 Å². The number of nitrogens with two attached hydrogens (primary N) is 1. The van der Waals surface area contributed by atoms with Crippen LogP contribution >= 0.6 is 0 Å². The summed E-state index contributed by atoms with van der Waals surface area (Å²) in [5.74, 6) is 2.14. The Morgan fingerprint density at radius 3 is 2.57 bits per heavy atom. The van der Waals surface area contributed by atoms with Gasteiger partial charge in [0.05, 0.1) is 6.54 Å². The standard InChI is InChI=1S/C17H18N2O3.Na.H/c18-17(20)19(21)11-13-10-16(13)12-5-4-8-15(9-12)22-14-6-2-1-3-7-14;;/h1-9,13,16,21H,10-11H2,(H2,18,20);;. The molecule has 0 aromatic heterocycles. The number of primary amides is 1. The predicted octanol–water partition coefficient (Wildman–Crippen LogP) is 2.70. The van der Waals surface area contributed by atoms with Crippen LogP contribution in [0.4, 0.5) is 4.79 Å². The number of benzene rings is 2. The molecule has 6 heteroatoms. The fraction of sp³-hybridized carbons (Fsp3) is 0.235. The summed E-state index contributed by atoms with van der Waals surface area (Å²) in [6.45, 7) is 0.268. The zero-order valence-corrected chi connectivity index (χ0v) is 12.1. The van der Waals surface area contributed by atoms with Crippen LogP contribution in [0.2, 0.25) is 0 Å². The molecular weight excluding hydrogens is 303 g/mol. The number of amides is 2.